The molecule has 0 fully saturated rings. The van der Waals surface area contributed by atoms with Crippen molar-refractivity contribution in [3.05, 3.63) is 133 Å². The lowest BCUT2D eigenvalue weighted by Gasteiger charge is -2.12. The van der Waals surface area contributed by atoms with Crippen molar-refractivity contribution < 1.29 is 0 Å². The van der Waals surface area contributed by atoms with E-state index in [1.807, 2.05) is 12.1 Å². The largest absolute Gasteiger partial charge is 0.227 e. The Morgan fingerprint density at radius 1 is 0.432 bits per heavy atom. The Kier molecular flexibility index (Phi) is 5.34. The van der Waals surface area contributed by atoms with E-state index in [-0.39, 0.29) is 0 Å². The molecule has 0 saturated carbocycles. The lowest BCUT2D eigenvalue weighted by molar-refractivity contribution is 1.24. The fourth-order valence-corrected chi connectivity index (χ4v) is 6.03. The van der Waals surface area contributed by atoms with Gasteiger partial charge in [-0.05, 0) is 28.3 Å². The van der Waals surface area contributed by atoms with Crippen LogP contribution in [0, 0.1) is 0 Å². The molecule has 3 heteroatoms. The highest BCUT2D eigenvalue weighted by Crippen LogP contribution is 2.41. The first-order valence-electron chi connectivity index (χ1n) is 12.4. The number of thiophene rings is 1. The van der Waals surface area contributed by atoms with Crippen LogP contribution in [0.2, 0.25) is 0 Å². The molecule has 2 nitrogen and oxygen atoms in total. The Labute approximate surface area is 219 Å². The Bertz CT molecular complexity index is 1850. The van der Waals surface area contributed by atoms with Crippen LogP contribution in [0.3, 0.4) is 0 Å². The predicted molar refractivity (Wildman–Crippen MR) is 157 cm³/mol. The Morgan fingerprint density at radius 2 is 1.00 bits per heavy atom. The second-order valence-electron chi connectivity index (χ2n) is 9.03. The lowest BCUT2D eigenvalue weighted by Crippen LogP contribution is -1.95. The highest BCUT2D eigenvalue weighted by Gasteiger charge is 2.18. The van der Waals surface area contributed by atoms with E-state index in [1.165, 1.54) is 21.2 Å². The van der Waals surface area contributed by atoms with E-state index in [9.17, 15) is 0 Å². The van der Waals surface area contributed by atoms with Crippen LogP contribution in [0.15, 0.2) is 133 Å². The first-order chi connectivity index (χ1) is 18.3. The van der Waals surface area contributed by atoms with Gasteiger partial charge in [0.05, 0.1) is 5.69 Å². The third kappa shape index (κ3) is 3.90. The van der Waals surface area contributed by atoms with Gasteiger partial charge < -0.3 is 0 Å². The van der Waals surface area contributed by atoms with Crippen molar-refractivity contribution in [2.45, 2.75) is 0 Å². The van der Waals surface area contributed by atoms with Crippen LogP contribution < -0.4 is 0 Å². The van der Waals surface area contributed by atoms with Crippen LogP contribution in [-0.2, 0) is 0 Å². The van der Waals surface area contributed by atoms with Crippen molar-refractivity contribution >= 4 is 31.6 Å². The van der Waals surface area contributed by atoms with E-state index in [0.717, 1.165) is 44.0 Å². The van der Waals surface area contributed by atoms with Crippen LogP contribution in [0.5, 0.6) is 0 Å². The number of benzene rings is 5. The molecule has 0 N–H and O–H groups in total. The molecule has 0 amide bonds. The maximum absolute atomic E-state index is 5.25. The van der Waals surface area contributed by atoms with Crippen LogP contribution in [-0.4, -0.2) is 9.97 Å². The molecule has 2 heterocycles. The average molecular weight is 491 g/mol. The van der Waals surface area contributed by atoms with E-state index in [0.29, 0.717) is 0 Å². The smallest absolute Gasteiger partial charge is 0.162 e. The molecule has 5 aromatic carbocycles. The molecule has 174 valence electrons. The topological polar surface area (TPSA) is 25.8 Å². The SMILES string of the molecule is c1ccc(-c2ccc(-c3nc(-c4ccccc4-c4ccccc4)nc4sc5ccccc5c34)cc2)cc1. The Balaban J connectivity index is 1.46. The molecule has 0 saturated heterocycles. The monoisotopic (exact) mass is 490 g/mol. The van der Waals surface area contributed by atoms with Gasteiger partial charge in [-0.15, -0.1) is 11.3 Å². The second kappa shape index (κ2) is 9.12. The molecule has 0 aliphatic carbocycles. The van der Waals surface area contributed by atoms with Crippen molar-refractivity contribution in [2.24, 2.45) is 0 Å². The minimum Gasteiger partial charge on any atom is -0.227 e. The van der Waals surface area contributed by atoms with Crippen LogP contribution >= 0.6 is 11.3 Å². The number of hydrogen-bond acceptors (Lipinski definition) is 3. The van der Waals surface area contributed by atoms with Gasteiger partial charge in [0, 0.05) is 26.6 Å². The number of nitrogens with zero attached hydrogens (tertiary/aromatic N) is 2. The molecule has 2 aromatic heterocycles. The summed E-state index contributed by atoms with van der Waals surface area (Å²) >= 11 is 1.73. The lowest BCUT2D eigenvalue weighted by atomic mass is 9.98. The first-order valence-corrected chi connectivity index (χ1v) is 13.2. The zero-order valence-electron chi connectivity index (χ0n) is 20.0. The minimum atomic E-state index is 0.751. The summed E-state index contributed by atoms with van der Waals surface area (Å²) in [7, 11) is 0. The maximum Gasteiger partial charge on any atom is 0.162 e. The van der Waals surface area contributed by atoms with E-state index in [4.69, 9.17) is 9.97 Å². The predicted octanol–water partition coefficient (Wildman–Crippen LogP) is 9.51. The van der Waals surface area contributed by atoms with Gasteiger partial charge in [-0.1, -0.05) is 127 Å². The summed E-state index contributed by atoms with van der Waals surface area (Å²) < 4.78 is 1.22. The number of rotatable bonds is 4. The number of hydrogen-bond donors (Lipinski definition) is 0. The van der Waals surface area contributed by atoms with Gasteiger partial charge in [0.2, 0.25) is 0 Å². The number of fused-ring (bicyclic) bond motifs is 3. The summed E-state index contributed by atoms with van der Waals surface area (Å²) in [6.45, 7) is 0. The van der Waals surface area contributed by atoms with Gasteiger partial charge in [-0.3, -0.25) is 0 Å². The van der Waals surface area contributed by atoms with Gasteiger partial charge in [-0.2, -0.15) is 0 Å². The zero-order chi connectivity index (χ0) is 24.6. The summed E-state index contributed by atoms with van der Waals surface area (Å²) in [5.41, 5.74) is 7.80. The van der Waals surface area contributed by atoms with Gasteiger partial charge >= 0.3 is 0 Å². The van der Waals surface area contributed by atoms with Gasteiger partial charge in [-0.25, -0.2) is 9.97 Å². The van der Waals surface area contributed by atoms with Crippen LogP contribution in [0.4, 0.5) is 0 Å². The fourth-order valence-electron chi connectivity index (χ4n) is 4.95. The Morgan fingerprint density at radius 3 is 1.76 bits per heavy atom. The summed E-state index contributed by atoms with van der Waals surface area (Å²) in [5.74, 6) is 0.751. The normalized spacial score (nSPS) is 11.2. The molecule has 7 aromatic rings. The van der Waals surface area contributed by atoms with Crippen molar-refractivity contribution in [3.8, 4) is 44.9 Å². The first kappa shape index (κ1) is 21.7. The van der Waals surface area contributed by atoms with Crippen LogP contribution in [0.25, 0.3) is 65.2 Å². The van der Waals surface area contributed by atoms with Gasteiger partial charge in [0.25, 0.3) is 0 Å². The maximum atomic E-state index is 5.25. The van der Waals surface area contributed by atoms with E-state index in [2.05, 4.69) is 121 Å². The van der Waals surface area contributed by atoms with Crippen molar-refractivity contribution in [2.75, 3.05) is 0 Å². The third-order valence-electron chi connectivity index (χ3n) is 6.76. The average Bonchev–Trinajstić information content (AvgIpc) is 3.36. The Hall–Kier alpha value is -4.60. The van der Waals surface area contributed by atoms with Crippen LogP contribution in [0.1, 0.15) is 0 Å². The molecule has 0 aliphatic rings. The van der Waals surface area contributed by atoms with Crippen molar-refractivity contribution in [1.29, 1.82) is 0 Å². The van der Waals surface area contributed by atoms with E-state index >= 15 is 0 Å². The third-order valence-corrected chi connectivity index (χ3v) is 7.82. The highest BCUT2D eigenvalue weighted by molar-refractivity contribution is 7.25. The zero-order valence-corrected chi connectivity index (χ0v) is 20.8. The molecule has 37 heavy (non-hydrogen) atoms. The van der Waals surface area contributed by atoms with Gasteiger partial charge in [0.15, 0.2) is 5.82 Å². The molecular weight excluding hydrogens is 468 g/mol. The van der Waals surface area contributed by atoms with E-state index in [1.54, 1.807) is 11.3 Å². The summed E-state index contributed by atoms with van der Waals surface area (Å²) in [5, 5.41) is 2.32. The summed E-state index contributed by atoms with van der Waals surface area (Å²) in [4.78, 5) is 11.4. The van der Waals surface area contributed by atoms with Gasteiger partial charge in [0.1, 0.15) is 4.83 Å². The molecule has 0 spiro atoms. The summed E-state index contributed by atoms with van der Waals surface area (Å²) in [6, 6.07) is 46.6. The molecule has 0 bridgehead atoms. The molecule has 0 radical (unpaired) electrons. The molecular formula is C34H22N2S. The number of aromatic nitrogens is 2. The molecule has 0 unspecified atom stereocenters. The second-order valence-corrected chi connectivity index (χ2v) is 10.1. The molecule has 0 aliphatic heterocycles. The standard InChI is InChI=1S/C34H22N2S/c1-3-11-23(12-4-1)24-19-21-26(22-20-24)32-31-29-17-9-10-18-30(29)37-34(31)36-33(35-32)28-16-8-7-15-27(28)25-13-5-2-6-14-25/h1-22H. The van der Waals surface area contributed by atoms with Crippen molar-refractivity contribution in [1.82, 2.24) is 9.97 Å². The summed E-state index contributed by atoms with van der Waals surface area (Å²) in [6.07, 6.45) is 0. The molecule has 7 rings (SSSR count). The van der Waals surface area contributed by atoms with Crippen molar-refractivity contribution in [3.63, 3.8) is 0 Å². The quantitative estimate of drug-likeness (QED) is 0.245. The van der Waals surface area contributed by atoms with E-state index < -0.39 is 0 Å². The molecule has 0 atom stereocenters. The fraction of sp³-hybridized carbons (Fsp3) is 0. The highest BCUT2D eigenvalue weighted by atomic mass is 32.1. The minimum absolute atomic E-state index is 0.751.